The molecule has 8 aromatic carbocycles. The van der Waals surface area contributed by atoms with Gasteiger partial charge in [-0.2, -0.15) is 0 Å². The van der Waals surface area contributed by atoms with Crippen molar-refractivity contribution >= 4 is 60.2 Å². The fourth-order valence-electron chi connectivity index (χ4n) is 9.62. The number of hydrogen-bond donors (Lipinski definition) is 0. The number of para-hydroxylation sites is 4. The summed E-state index contributed by atoms with van der Waals surface area (Å²) in [5.41, 5.74) is 16.5. The van der Waals surface area contributed by atoms with E-state index in [1.807, 2.05) is 0 Å². The Morgan fingerprint density at radius 2 is 0.931 bits per heavy atom. The summed E-state index contributed by atoms with van der Waals surface area (Å²) in [6.45, 7) is 2.32. The molecule has 0 bridgehead atoms. The van der Waals surface area contributed by atoms with E-state index in [1.165, 1.54) is 93.6 Å². The van der Waals surface area contributed by atoms with E-state index in [-0.39, 0.29) is 0 Å². The van der Waals surface area contributed by atoms with Crippen LogP contribution in [0.1, 0.15) is 23.8 Å². The third-order valence-electron chi connectivity index (χ3n) is 12.2. The Bertz CT molecular complexity index is 3390. The monoisotopic (exact) mass is 742 g/mol. The fourth-order valence-corrected chi connectivity index (χ4v) is 9.62. The van der Waals surface area contributed by atoms with Crippen LogP contribution in [-0.4, -0.2) is 9.13 Å². The molecule has 1 aliphatic carbocycles. The summed E-state index contributed by atoms with van der Waals surface area (Å²) in [6, 6.07) is 68.3. The maximum atomic E-state index is 6.79. The highest BCUT2D eigenvalue weighted by molar-refractivity contribution is 6.11. The highest BCUT2D eigenvalue weighted by Crippen LogP contribution is 2.43. The van der Waals surface area contributed by atoms with Crippen LogP contribution in [0.2, 0.25) is 0 Å². The molecule has 0 fully saturated rings. The van der Waals surface area contributed by atoms with Crippen LogP contribution in [-0.2, 0) is 6.42 Å². The van der Waals surface area contributed by atoms with Gasteiger partial charge in [0.1, 0.15) is 11.3 Å². The zero-order valence-electron chi connectivity index (χ0n) is 32.1. The van der Waals surface area contributed by atoms with Crippen LogP contribution >= 0.6 is 0 Å². The summed E-state index contributed by atoms with van der Waals surface area (Å²) >= 11 is 0. The lowest BCUT2D eigenvalue weighted by molar-refractivity contribution is 0.579. The van der Waals surface area contributed by atoms with Crippen molar-refractivity contribution in [3.8, 4) is 33.6 Å². The Balaban J connectivity index is 0.925. The van der Waals surface area contributed by atoms with E-state index >= 15 is 0 Å². The van der Waals surface area contributed by atoms with Crippen LogP contribution in [0.5, 0.6) is 0 Å². The molecule has 1 aliphatic rings. The molecule has 3 heterocycles. The molecule has 1 unspecified atom stereocenters. The molecule has 12 rings (SSSR count). The average Bonchev–Trinajstić information content (AvgIpc) is 3.94. The number of furan rings is 1. The van der Waals surface area contributed by atoms with E-state index < -0.39 is 0 Å². The molecular weight excluding hydrogens is 705 g/mol. The van der Waals surface area contributed by atoms with Crippen molar-refractivity contribution in [3.63, 3.8) is 0 Å². The van der Waals surface area contributed by atoms with E-state index in [9.17, 15) is 0 Å². The first-order chi connectivity index (χ1) is 28.7. The molecule has 0 aliphatic heterocycles. The van der Waals surface area contributed by atoms with Gasteiger partial charge in [-0.25, -0.2) is 0 Å². The normalized spacial score (nSPS) is 14.2. The number of rotatable bonds is 5. The topological polar surface area (TPSA) is 23.0 Å². The number of aromatic nitrogens is 2. The number of allylic oxidation sites excluding steroid dienone is 1. The minimum Gasteiger partial charge on any atom is -0.456 e. The Kier molecular flexibility index (Phi) is 7.27. The molecule has 0 saturated carbocycles. The first kappa shape index (κ1) is 32.8. The lowest BCUT2D eigenvalue weighted by Gasteiger charge is -2.19. The van der Waals surface area contributed by atoms with Crippen molar-refractivity contribution in [2.45, 2.75) is 13.3 Å². The number of fused-ring (bicyclic) bond motifs is 9. The Hall–Kier alpha value is -7.36. The molecule has 3 nitrogen and oxygen atoms in total. The summed E-state index contributed by atoms with van der Waals surface area (Å²) in [6.07, 6.45) is 3.34. The minimum absolute atomic E-state index is 0.370. The van der Waals surface area contributed by atoms with E-state index in [4.69, 9.17) is 4.42 Å². The molecule has 3 heteroatoms. The molecule has 0 saturated heterocycles. The third kappa shape index (κ3) is 5.06. The van der Waals surface area contributed by atoms with Gasteiger partial charge in [0.2, 0.25) is 0 Å². The van der Waals surface area contributed by atoms with Gasteiger partial charge >= 0.3 is 0 Å². The molecular formula is C55H38N2O. The highest BCUT2D eigenvalue weighted by Gasteiger charge is 2.26. The van der Waals surface area contributed by atoms with Gasteiger partial charge in [0.05, 0.1) is 22.1 Å². The predicted octanol–water partition coefficient (Wildman–Crippen LogP) is 14.6. The zero-order chi connectivity index (χ0) is 38.3. The van der Waals surface area contributed by atoms with Crippen molar-refractivity contribution in [1.82, 2.24) is 9.13 Å². The second-order valence-electron chi connectivity index (χ2n) is 15.8. The largest absolute Gasteiger partial charge is 0.456 e. The van der Waals surface area contributed by atoms with Crippen molar-refractivity contribution in [1.29, 1.82) is 0 Å². The number of hydrogen-bond acceptors (Lipinski definition) is 1. The fraction of sp³-hybridized carbons (Fsp3) is 0.0545. The van der Waals surface area contributed by atoms with Gasteiger partial charge in [0, 0.05) is 49.4 Å². The highest BCUT2D eigenvalue weighted by atomic mass is 16.3. The van der Waals surface area contributed by atoms with Gasteiger partial charge in [-0.05, 0) is 113 Å². The predicted molar refractivity (Wildman–Crippen MR) is 242 cm³/mol. The maximum Gasteiger partial charge on any atom is 0.138 e. The van der Waals surface area contributed by atoms with E-state index in [2.05, 4.69) is 210 Å². The van der Waals surface area contributed by atoms with Gasteiger partial charge in [-0.3, -0.25) is 0 Å². The maximum absolute atomic E-state index is 6.79. The minimum atomic E-state index is 0.370. The molecule has 0 amide bonds. The van der Waals surface area contributed by atoms with Crippen LogP contribution < -0.4 is 0 Å². The van der Waals surface area contributed by atoms with E-state index in [1.54, 1.807) is 0 Å². The second kappa shape index (κ2) is 12.8. The molecule has 0 N–H and O–H groups in total. The third-order valence-corrected chi connectivity index (χ3v) is 12.2. The summed E-state index contributed by atoms with van der Waals surface area (Å²) in [7, 11) is 0. The van der Waals surface area contributed by atoms with Gasteiger partial charge in [-0.1, -0.05) is 128 Å². The smallest absolute Gasteiger partial charge is 0.138 e. The average molecular weight is 743 g/mol. The first-order valence-electron chi connectivity index (χ1n) is 20.2. The van der Waals surface area contributed by atoms with Gasteiger partial charge in [0.15, 0.2) is 0 Å². The molecule has 3 aromatic heterocycles. The van der Waals surface area contributed by atoms with Gasteiger partial charge in [0.25, 0.3) is 0 Å². The Morgan fingerprint density at radius 1 is 0.414 bits per heavy atom. The molecule has 0 spiro atoms. The van der Waals surface area contributed by atoms with Crippen LogP contribution in [0.25, 0.3) is 93.8 Å². The zero-order valence-corrected chi connectivity index (χ0v) is 32.1. The first-order valence-corrected chi connectivity index (χ1v) is 20.2. The van der Waals surface area contributed by atoms with Crippen LogP contribution in [0, 0.1) is 5.92 Å². The quantitative estimate of drug-likeness (QED) is 0.172. The molecule has 58 heavy (non-hydrogen) atoms. The lowest BCUT2D eigenvalue weighted by atomic mass is 9.85. The number of benzene rings is 8. The van der Waals surface area contributed by atoms with Gasteiger partial charge in [-0.15, -0.1) is 0 Å². The summed E-state index contributed by atoms with van der Waals surface area (Å²) in [5, 5.41) is 6.25. The second-order valence-corrected chi connectivity index (χ2v) is 15.8. The van der Waals surface area contributed by atoms with Crippen molar-refractivity contribution in [2.24, 2.45) is 5.92 Å². The van der Waals surface area contributed by atoms with Crippen molar-refractivity contribution in [2.75, 3.05) is 0 Å². The Morgan fingerprint density at radius 3 is 1.64 bits per heavy atom. The molecule has 0 radical (unpaired) electrons. The summed E-state index contributed by atoms with van der Waals surface area (Å²) in [5.74, 6) is 1.36. The van der Waals surface area contributed by atoms with Crippen molar-refractivity contribution in [3.05, 3.63) is 211 Å². The number of nitrogens with zero attached hydrogens (tertiary/aromatic N) is 2. The summed E-state index contributed by atoms with van der Waals surface area (Å²) in [4.78, 5) is 0. The summed E-state index contributed by atoms with van der Waals surface area (Å²) < 4.78 is 11.6. The van der Waals surface area contributed by atoms with Crippen LogP contribution in [0.4, 0.5) is 0 Å². The van der Waals surface area contributed by atoms with E-state index in [0.29, 0.717) is 5.92 Å². The Labute approximate surface area is 336 Å². The lowest BCUT2D eigenvalue weighted by Crippen LogP contribution is -2.06. The molecule has 11 aromatic rings. The molecule has 1 atom stereocenters. The van der Waals surface area contributed by atoms with Gasteiger partial charge < -0.3 is 13.6 Å². The van der Waals surface area contributed by atoms with Crippen LogP contribution in [0.15, 0.2) is 199 Å². The van der Waals surface area contributed by atoms with Crippen LogP contribution in [0.3, 0.4) is 0 Å². The standard InChI is InChI=1S/C55H38N2O/c1-35-29-46(40-15-12-18-42(32-40)57-50-22-8-5-19-43(50)44-20-6-9-23-51(44)57)55-49(30-35)48-34-39(26-28-54(48)58-55)37-14-11-13-36(31-37)38-25-27-53-47(33-38)45-21-7-10-24-52(45)56(53)41-16-3-2-4-17-41/h2-29,31-35H,30H2,1H3. The van der Waals surface area contributed by atoms with Crippen molar-refractivity contribution < 1.29 is 4.42 Å². The molecule has 274 valence electrons. The SMILES string of the molecule is CC1C=C(c2cccc(-n3c4ccccc4c4ccccc43)c2)c2oc3ccc(-c4cccc(-c5ccc6c(c5)c5ccccc5n6-c5ccccc5)c4)cc3c2C1. The van der Waals surface area contributed by atoms with E-state index in [0.717, 1.165) is 23.5 Å².